The largest absolute Gasteiger partial charge is 0.507 e. The second-order valence-electron chi connectivity index (χ2n) is 5.60. The minimum atomic E-state index is 0.0402. The molecule has 0 radical (unpaired) electrons. The number of halogens is 1. The molecule has 108 valence electrons. The molecule has 2 aliphatic heterocycles. The van der Waals surface area contributed by atoms with E-state index in [0.717, 1.165) is 23.1 Å². The monoisotopic (exact) mass is 386 g/mol. The maximum absolute atomic E-state index is 12.5. The van der Waals surface area contributed by atoms with Crippen molar-refractivity contribution in [2.45, 2.75) is 25.3 Å². The van der Waals surface area contributed by atoms with Gasteiger partial charge in [0.05, 0.1) is 3.57 Å². The van der Waals surface area contributed by atoms with Crippen LogP contribution in [0, 0.1) is 3.57 Å². The van der Waals surface area contributed by atoms with Gasteiger partial charge in [-0.15, -0.1) is 0 Å². The second-order valence-corrected chi connectivity index (χ2v) is 6.77. The van der Waals surface area contributed by atoms with Crippen molar-refractivity contribution in [1.82, 2.24) is 9.80 Å². The fourth-order valence-electron chi connectivity index (χ4n) is 3.16. The number of carbonyl (C=O) groups excluding carboxylic acids is 1. The standard InChI is InChI=1S/C15H19IN2O2/c16-13-4-3-11(9-14(13)19)15(20)18-8-5-12(10-18)17-6-1-2-7-17/h3-4,9,12,19H,1-2,5-8,10H2. The number of nitrogens with zero attached hydrogens (tertiary/aromatic N) is 2. The van der Waals surface area contributed by atoms with E-state index in [1.165, 1.54) is 25.9 Å². The van der Waals surface area contributed by atoms with Crippen molar-refractivity contribution in [3.05, 3.63) is 27.3 Å². The normalized spacial score (nSPS) is 23.4. The summed E-state index contributed by atoms with van der Waals surface area (Å²) in [5, 5.41) is 9.73. The third-order valence-corrected chi connectivity index (χ3v) is 5.21. The Morgan fingerprint density at radius 2 is 2.00 bits per heavy atom. The molecule has 0 aliphatic carbocycles. The Hall–Kier alpha value is -0.820. The van der Waals surface area contributed by atoms with Crippen LogP contribution in [0.25, 0.3) is 0 Å². The van der Waals surface area contributed by atoms with Crippen LogP contribution in [0.2, 0.25) is 0 Å². The first-order valence-corrected chi connectivity index (χ1v) is 8.25. The molecule has 0 aromatic heterocycles. The van der Waals surface area contributed by atoms with E-state index >= 15 is 0 Å². The first-order valence-electron chi connectivity index (χ1n) is 7.17. The fourth-order valence-corrected chi connectivity index (χ4v) is 3.49. The summed E-state index contributed by atoms with van der Waals surface area (Å²) in [6.07, 6.45) is 3.65. The topological polar surface area (TPSA) is 43.8 Å². The number of hydrogen-bond acceptors (Lipinski definition) is 3. The summed E-state index contributed by atoms with van der Waals surface area (Å²) in [5.74, 6) is 0.227. The lowest BCUT2D eigenvalue weighted by Gasteiger charge is -2.23. The van der Waals surface area contributed by atoms with Crippen molar-refractivity contribution in [2.75, 3.05) is 26.2 Å². The molecule has 1 atom stereocenters. The average molecular weight is 386 g/mol. The third kappa shape index (κ3) is 2.79. The summed E-state index contributed by atoms with van der Waals surface area (Å²) in [6.45, 7) is 4.01. The predicted octanol–water partition coefficient (Wildman–Crippen LogP) is 2.31. The van der Waals surface area contributed by atoms with Crippen molar-refractivity contribution in [2.24, 2.45) is 0 Å². The lowest BCUT2D eigenvalue weighted by molar-refractivity contribution is 0.0779. The Bertz CT molecular complexity index is 515. The van der Waals surface area contributed by atoms with E-state index in [0.29, 0.717) is 11.6 Å². The van der Waals surface area contributed by atoms with Crippen molar-refractivity contribution in [3.63, 3.8) is 0 Å². The Kier molecular flexibility index (Phi) is 4.16. The van der Waals surface area contributed by atoms with E-state index in [9.17, 15) is 9.90 Å². The fraction of sp³-hybridized carbons (Fsp3) is 0.533. The molecule has 1 aromatic carbocycles. The summed E-state index contributed by atoms with van der Waals surface area (Å²) in [5.41, 5.74) is 0.588. The second kappa shape index (κ2) is 5.89. The minimum absolute atomic E-state index is 0.0402. The Morgan fingerprint density at radius 3 is 2.70 bits per heavy atom. The van der Waals surface area contributed by atoms with Crippen LogP contribution in [0.3, 0.4) is 0 Å². The molecular weight excluding hydrogens is 367 g/mol. The molecule has 0 bridgehead atoms. The number of carbonyl (C=O) groups is 1. The SMILES string of the molecule is O=C(c1ccc(I)c(O)c1)N1CCC(N2CCCC2)C1. The molecular formula is C15H19IN2O2. The Balaban J connectivity index is 1.67. The van der Waals surface area contributed by atoms with E-state index in [2.05, 4.69) is 27.5 Å². The predicted molar refractivity (Wildman–Crippen MR) is 85.9 cm³/mol. The first-order chi connectivity index (χ1) is 9.65. The van der Waals surface area contributed by atoms with E-state index in [-0.39, 0.29) is 11.7 Å². The van der Waals surface area contributed by atoms with Crippen molar-refractivity contribution < 1.29 is 9.90 Å². The molecule has 1 N–H and O–H groups in total. The van der Waals surface area contributed by atoms with Crippen LogP contribution in [0.15, 0.2) is 18.2 Å². The highest BCUT2D eigenvalue weighted by Crippen LogP contribution is 2.24. The molecule has 4 nitrogen and oxygen atoms in total. The van der Waals surface area contributed by atoms with E-state index in [1.807, 2.05) is 4.90 Å². The summed E-state index contributed by atoms with van der Waals surface area (Å²) in [7, 11) is 0. The van der Waals surface area contributed by atoms with Gasteiger partial charge in [0.1, 0.15) is 5.75 Å². The van der Waals surface area contributed by atoms with E-state index in [4.69, 9.17) is 0 Å². The highest BCUT2D eigenvalue weighted by Gasteiger charge is 2.31. The van der Waals surface area contributed by atoms with Crippen molar-refractivity contribution in [1.29, 1.82) is 0 Å². The van der Waals surface area contributed by atoms with Gasteiger partial charge >= 0.3 is 0 Å². The molecule has 1 amide bonds. The van der Waals surface area contributed by atoms with Gasteiger partial charge in [0.2, 0.25) is 0 Å². The lowest BCUT2D eigenvalue weighted by Crippen LogP contribution is -2.37. The maximum Gasteiger partial charge on any atom is 0.254 e. The maximum atomic E-state index is 12.5. The average Bonchev–Trinajstić information content (AvgIpc) is 3.11. The van der Waals surface area contributed by atoms with Gasteiger partial charge in [0.15, 0.2) is 0 Å². The number of benzene rings is 1. The van der Waals surface area contributed by atoms with Gasteiger partial charge in [-0.2, -0.15) is 0 Å². The van der Waals surface area contributed by atoms with Crippen LogP contribution in [-0.4, -0.2) is 53.0 Å². The molecule has 3 rings (SSSR count). The van der Waals surface area contributed by atoms with Gasteiger partial charge in [0.25, 0.3) is 5.91 Å². The quantitative estimate of drug-likeness (QED) is 0.794. The van der Waals surface area contributed by atoms with E-state index in [1.54, 1.807) is 18.2 Å². The van der Waals surface area contributed by atoms with Crippen LogP contribution >= 0.6 is 22.6 Å². The van der Waals surface area contributed by atoms with Gasteiger partial charge in [-0.1, -0.05) is 0 Å². The van der Waals surface area contributed by atoms with Gasteiger partial charge in [-0.05, 0) is 73.1 Å². The summed E-state index contributed by atoms with van der Waals surface area (Å²) < 4.78 is 0.774. The number of likely N-dealkylation sites (tertiary alicyclic amines) is 2. The smallest absolute Gasteiger partial charge is 0.254 e. The first kappa shape index (κ1) is 14.1. The van der Waals surface area contributed by atoms with Crippen LogP contribution in [0.5, 0.6) is 5.75 Å². The number of hydrogen-bond donors (Lipinski definition) is 1. The molecule has 2 fully saturated rings. The number of amides is 1. The van der Waals surface area contributed by atoms with Crippen LogP contribution in [0.1, 0.15) is 29.6 Å². The molecule has 2 aliphatic rings. The number of rotatable bonds is 2. The Morgan fingerprint density at radius 1 is 1.25 bits per heavy atom. The lowest BCUT2D eigenvalue weighted by atomic mass is 10.2. The highest BCUT2D eigenvalue weighted by atomic mass is 127. The van der Waals surface area contributed by atoms with Crippen molar-refractivity contribution >= 4 is 28.5 Å². The summed E-state index contributed by atoms with van der Waals surface area (Å²) in [4.78, 5) is 16.9. The highest BCUT2D eigenvalue weighted by molar-refractivity contribution is 14.1. The summed E-state index contributed by atoms with van der Waals surface area (Å²) >= 11 is 2.06. The van der Waals surface area contributed by atoms with Crippen LogP contribution in [0.4, 0.5) is 0 Å². The molecule has 0 spiro atoms. The van der Waals surface area contributed by atoms with Gasteiger partial charge < -0.3 is 10.0 Å². The van der Waals surface area contributed by atoms with E-state index < -0.39 is 0 Å². The zero-order chi connectivity index (χ0) is 14.1. The Labute approximate surface area is 132 Å². The van der Waals surface area contributed by atoms with Gasteiger partial charge in [-0.3, -0.25) is 9.69 Å². The molecule has 1 aromatic rings. The third-order valence-electron chi connectivity index (χ3n) is 4.30. The number of phenols is 1. The van der Waals surface area contributed by atoms with Gasteiger partial charge in [-0.25, -0.2) is 0 Å². The number of phenolic OH excluding ortho intramolecular Hbond substituents is 1. The molecule has 1 unspecified atom stereocenters. The minimum Gasteiger partial charge on any atom is -0.507 e. The van der Waals surface area contributed by atoms with Crippen molar-refractivity contribution in [3.8, 4) is 5.75 Å². The van der Waals surface area contributed by atoms with Crippen LogP contribution in [-0.2, 0) is 0 Å². The number of aromatic hydroxyl groups is 1. The zero-order valence-electron chi connectivity index (χ0n) is 11.4. The molecule has 2 heterocycles. The molecule has 20 heavy (non-hydrogen) atoms. The summed E-state index contributed by atoms with van der Waals surface area (Å²) in [6, 6.07) is 5.69. The zero-order valence-corrected chi connectivity index (χ0v) is 13.5. The molecule has 0 saturated carbocycles. The molecule has 5 heteroatoms. The molecule has 2 saturated heterocycles. The van der Waals surface area contributed by atoms with Crippen LogP contribution < -0.4 is 0 Å². The van der Waals surface area contributed by atoms with Gasteiger partial charge in [0, 0.05) is 24.7 Å².